The maximum atomic E-state index is 11.1. The van der Waals surface area contributed by atoms with Crippen LogP contribution in [0.1, 0.15) is 27.2 Å². The topological polar surface area (TPSA) is 32.3 Å². The van der Waals surface area contributed by atoms with Crippen LogP contribution in [0.4, 0.5) is 4.79 Å². The van der Waals surface area contributed by atoms with Crippen molar-refractivity contribution in [1.82, 2.24) is 10.2 Å². The minimum atomic E-state index is -0.0959. The maximum Gasteiger partial charge on any atom is 0.317 e. The molecule has 0 radical (unpaired) electrons. The van der Waals surface area contributed by atoms with Crippen molar-refractivity contribution in [3.05, 3.63) is 0 Å². The van der Waals surface area contributed by atoms with E-state index in [4.69, 9.17) is 0 Å². The van der Waals surface area contributed by atoms with Crippen molar-refractivity contribution < 1.29 is 4.79 Å². The Labute approximate surface area is 68.8 Å². The monoisotopic (exact) mass is 158 g/mol. The van der Waals surface area contributed by atoms with Gasteiger partial charge in [-0.15, -0.1) is 0 Å². The molecule has 0 saturated carbocycles. The highest BCUT2D eigenvalue weighted by Gasteiger charge is 2.18. The summed E-state index contributed by atoms with van der Waals surface area (Å²) in [6.07, 6.45) is 0.937. The van der Waals surface area contributed by atoms with E-state index in [0.717, 1.165) is 6.42 Å². The third-order valence-electron chi connectivity index (χ3n) is 1.74. The molecule has 0 aliphatic heterocycles. The van der Waals surface area contributed by atoms with Gasteiger partial charge in [0.25, 0.3) is 0 Å². The van der Waals surface area contributed by atoms with Gasteiger partial charge in [0.15, 0.2) is 0 Å². The molecule has 0 aliphatic carbocycles. The molecule has 0 fully saturated rings. The molecule has 0 unspecified atom stereocenters. The summed E-state index contributed by atoms with van der Waals surface area (Å²) in [6.45, 7) is 6.07. The van der Waals surface area contributed by atoms with Crippen LogP contribution >= 0.6 is 0 Å². The standard InChI is InChI=1S/C8H18N2O/c1-6-8(2,3)9-7(11)10(4)5/h6H2,1-5H3,(H,9,11). The van der Waals surface area contributed by atoms with E-state index in [-0.39, 0.29) is 11.6 Å². The largest absolute Gasteiger partial charge is 0.333 e. The number of rotatable bonds is 2. The van der Waals surface area contributed by atoms with Gasteiger partial charge >= 0.3 is 6.03 Å². The normalized spacial score (nSPS) is 11.0. The second-order valence-electron chi connectivity index (χ2n) is 3.56. The smallest absolute Gasteiger partial charge is 0.317 e. The van der Waals surface area contributed by atoms with E-state index in [1.165, 1.54) is 4.90 Å². The lowest BCUT2D eigenvalue weighted by Crippen LogP contribution is -2.47. The Morgan fingerprint density at radius 1 is 1.45 bits per heavy atom. The second-order valence-corrected chi connectivity index (χ2v) is 3.56. The number of urea groups is 1. The summed E-state index contributed by atoms with van der Waals surface area (Å²) in [5.41, 5.74) is -0.0959. The average Bonchev–Trinajstić information content (AvgIpc) is 1.87. The van der Waals surface area contributed by atoms with Crippen LogP contribution < -0.4 is 5.32 Å². The molecule has 2 amide bonds. The van der Waals surface area contributed by atoms with Gasteiger partial charge in [0.2, 0.25) is 0 Å². The van der Waals surface area contributed by atoms with Gasteiger partial charge in [-0.3, -0.25) is 0 Å². The highest BCUT2D eigenvalue weighted by atomic mass is 16.2. The van der Waals surface area contributed by atoms with E-state index < -0.39 is 0 Å². The Balaban J connectivity index is 3.94. The van der Waals surface area contributed by atoms with E-state index >= 15 is 0 Å². The molecule has 0 aliphatic rings. The van der Waals surface area contributed by atoms with Crippen LogP contribution in [0.3, 0.4) is 0 Å². The summed E-state index contributed by atoms with van der Waals surface area (Å²) < 4.78 is 0. The number of hydrogen-bond donors (Lipinski definition) is 1. The van der Waals surface area contributed by atoms with Crippen LogP contribution in [0, 0.1) is 0 Å². The van der Waals surface area contributed by atoms with Crippen LogP contribution in [-0.4, -0.2) is 30.6 Å². The van der Waals surface area contributed by atoms with Crippen molar-refractivity contribution in [1.29, 1.82) is 0 Å². The highest BCUT2D eigenvalue weighted by Crippen LogP contribution is 2.06. The number of carbonyl (C=O) groups excluding carboxylic acids is 1. The van der Waals surface area contributed by atoms with Gasteiger partial charge in [-0.05, 0) is 20.3 Å². The number of carbonyl (C=O) groups is 1. The molecule has 11 heavy (non-hydrogen) atoms. The van der Waals surface area contributed by atoms with Crippen LogP contribution in [0.15, 0.2) is 0 Å². The van der Waals surface area contributed by atoms with Gasteiger partial charge < -0.3 is 10.2 Å². The lowest BCUT2D eigenvalue weighted by atomic mass is 10.0. The van der Waals surface area contributed by atoms with Crippen molar-refractivity contribution in [2.24, 2.45) is 0 Å². The SMILES string of the molecule is CCC(C)(C)NC(=O)N(C)C. The minimum absolute atomic E-state index is 0.0307. The molecule has 0 spiro atoms. The fraction of sp³-hybridized carbons (Fsp3) is 0.875. The van der Waals surface area contributed by atoms with Crippen molar-refractivity contribution in [3.63, 3.8) is 0 Å². The molecule has 0 heterocycles. The second kappa shape index (κ2) is 3.60. The zero-order chi connectivity index (χ0) is 9.07. The van der Waals surface area contributed by atoms with Gasteiger partial charge in [-0.25, -0.2) is 4.79 Å². The van der Waals surface area contributed by atoms with Gasteiger partial charge in [0.05, 0.1) is 0 Å². The zero-order valence-corrected chi connectivity index (χ0v) is 8.06. The molecule has 0 rings (SSSR count). The van der Waals surface area contributed by atoms with Gasteiger partial charge in [0.1, 0.15) is 0 Å². The first-order valence-corrected chi connectivity index (χ1v) is 3.88. The predicted octanol–water partition coefficient (Wildman–Crippen LogP) is 1.45. The molecular formula is C8H18N2O. The molecule has 0 aromatic carbocycles. The van der Waals surface area contributed by atoms with E-state index in [9.17, 15) is 4.79 Å². The zero-order valence-electron chi connectivity index (χ0n) is 8.06. The molecule has 66 valence electrons. The summed E-state index contributed by atoms with van der Waals surface area (Å²) in [5, 5.41) is 2.89. The summed E-state index contributed by atoms with van der Waals surface area (Å²) in [6, 6.07) is -0.0307. The van der Waals surface area contributed by atoms with Crippen molar-refractivity contribution in [2.45, 2.75) is 32.7 Å². The number of nitrogens with zero attached hydrogens (tertiary/aromatic N) is 1. The fourth-order valence-corrected chi connectivity index (χ4v) is 0.490. The van der Waals surface area contributed by atoms with Gasteiger partial charge in [-0.1, -0.05) is 6.92 Å². The summed E-state index contributed by atoms with van der Waals surface area (Å²) >= 11 is 0. The lowest BCUT2D eigenvalue weighted by molar-refractivity contribution is 0.205. The first kappa shape index (κ1) is 10.3. The molecule has 0 aromatic heterocycles. The summed E-state index contributed by atoms with van der Waals surface area (Å²) in [5.74, 6) is 0. The predicted molar refractivity (Wildman–Crippen MR) is 46.6 cm³/mol. The molecule has 3 nitrogen and oxygen atoms in total. The summed E-state index contributed by atoms with van der Waals surface area (Å²) in [7, 11) is 3.47. The van der Waals surface area contributed by atoms with E-state index in [2.05, 4.69) is 12.2 Å². The molecular weight excluding hydrogens is 140 g/mol. The van der Waals surface area contributed by atoms with Crippen molar-refractivity contribution >= 4 is 6.03 Å². The Kier molecular flexibility index (Phi) is 3.36. The van der Waals surface area contributed by atoms with E-state index in [1.54, 1.807) is 14.1 Å². The van der Waals surface area contributed by atoms with E-state index in [1.807, 2.05) is 13.8 Å². The third-order valence-corrected chi connectivity index (χ3v) is 1.74. The highest BCUT2D eigenvalue weighted by molar-refractivity contribution is 5.74. The average molecular weight is 158 g/mol. The Morgan fingerprint density at radius 3 is 2.18 bits per heavy atom. The molecule has 0 bridgehead atoms. The first-order valence-electron chi connectivity index (χ1n) is 3.88. The molecule has 1 N–H and O–H groups in total. The van der Waals surface area contributed by atoms with Crippen molar-refractivity contribution in [3.8, 4) is 0 Å². The quantitative estimate of drug-likeness (QED) is 0.648. The third kappa shape index (κ3) is 3.86. The van der Waals surface area contributed by atoms with E-state index in [0.29, 0.717) is 0 Å². The van der Waals surface area contributed by atoms with Crippen LogP contribution in [0.25, 0.3) is 0 Å². The number of amides is 2. The Bertz CT molecular complexity index is 141. The fourth-order valence-electron chi connectivity index (χ4n) is 0.490. The maximum absolute atomic E-state index is 11.1. The summed E-state index contributed by atoms with van der Waals surface area (Å²) in [4.78, 5) is 12.7. The molecule has 0 aromatic rings. The minimum Gasteiger partial charge on any atom is -0.333 e. The van der Waals surface area contributed by atoms with Gasteiger partial charge in [-0.2, -0.15) is 0 Å². The number of hydrogen-bond acceptors (Lipinski definition) is 1. The van der Waals surface area contributed by atoms with Crippen LogP contribution in [-0.2, 0) is 0 Å². The Morgan fingerprint density at radius 2 is 1.91 bits per heavy atom. The Hall–Kier alpha value is -0.730. The molecule has 3 heteroatoms. The van der Waals surface area contributed by atoms with Crippen LogP contribution in [0.5, 0.6) is 0 Å². The van der Waals surface area contributed by atoms with Crippen molar-refractivity contribution in [2.75, 3.05) is 14.1 Å². The first-order chi connectivity index (χ1) is 4.89. The number of nitrogens with one attached hydrogen (secondary N) is 1. The van der Waals surface area contributed by atoms with Crippen LogP contribution in [0.2, 0.25) is 0 Å². The van der Waals surface area contributed by atoms with Gasteiger partial charge in [0, 0.05) is 19.6 Å². The lowest BCUT2D eigenvalue weighted by Gasteiger charge is -2.26. The molecule has 0 saturated heterocycles. The molecule has 0 atom stereocenters.